The fourth-order valence-corrected chi connectivity index (χ4v) is 5.07. The summed E-state index contributed by atoms with van der Waals surface area (Å²) in [5, 5.41) is 0. The van der Waals surface area contributed by atoms with Crippen LogP contribution in [0.15, 0.2) is 0 Å². The number of esters is 1. The van der Waals surface area contributed by atoms with Gasteiger partial charge in [0.2, 0.25) is 0 Å². The summed E-state index contributed by atoms with van der Waals surface area (Å²) in [4.78, 5) is 11.6. The maximum Gasteiger partial charge on any atom is 0.306 e. The van der Waals surface area contributed by atoms with Gasteiger partial charge in [0.25, 0.3) is 0 Å². The van der Waals surface area contributed by atoms with E-state index in [1.807, 2.05) is 0 Å². The van der Waals surface area contributed by atoms with E-state index in [4.69, 9.17) is 18.7 Å². The number of ether oxygens (including phenoxy) is 3. The average molecular weight is 358 g/mol. The Labute approximate surface area is 147 Å². The molecule has 2 heterocycles. The van der Waals surface area contributed by atoms with Gasteiger partial charge in [0.05, 0.1) is 25.7 Å². The van der Waals surface area contributed by atoms with Gasteiger partial charge in [-0.1, -0.05) is 26.7 Å². The highest BCUT2D eigenvalue weighted by atomic mass is 31.0. The van der Waals surface area contributed by atoms with Crippen LogP contribution < -0.4 is 0 Å². The van der Waals surface area contributed by atoms with Crippen molar-refractivity contribution in [2.45, 2.75) is 76.8 Å². The van der Waals surface area contributed by atoms with Crippen LogP contribution in [0.3, 0.4) is 0 Å². The zero-order valence-electron chi connectivity index (χ0n) is 14.9. The Morgan fingerprint density at radius 3 is 2.79 bits per heavy atom. The third-order valence-electron chi connectivity index (χ3n) is 6.17. The third kappa shape index (κ3) is 3.65. The summed E-state index contributed by atoms with van der Waals surface area (Å²) in [5.74, 6) is 0.488. The van der Waals surface area contributed by atoms with Gasteiger partial charge in [0, 0.05) is 34.1 Å². The van der Waals surface area contributed by atoms with Gasteiger partial charge in [-0.05, 0) is 18.8 Å². The number of hydrogen-bond donors (Lipinski definition) is 0. The monoisotopic (exact) mass is 358 g/mol. The van der Waals surface area contributed by atoms with Crippen molar-refractivity contribution in [2.24, 2.45) is 17.8 Å². The SMILES string of the molecule is CCCCC(C)C1(CC[C@H]2C(OP)CC3OC(=O)CC32)OCCO1. The molecule has 2 saturated heterocycles. The second-order valence-electron chi connectivity index (χ2n) is 7.56. The number of carbonyl (C=O) groups is 1. The molecule has 3 rings (SSSR count). The van der Waals surface area contributed by atoms with E-state index >= 15 is 0 Å². The summed E-state index contributed by atoms with van der Waals surface area (Å²) >= 11 is 0. The van der Waals surface area contributed by atoms with Gasteiger partial charge in [0.15, 0.2) is 5.79 Å². The van der Waals surface area contributed by atoms with Crippen molar-refractivity contribution in [3.63, 3.8) is 0 Å². The molecule has 6 atom stereocenters. The molecular formula is C18H31O5P. The maximum absolute atomic E-state index is 11.6. The topological polar surface area (TPSA) is 54.0 Å². The maximum atomic E-state index is 11.6. The van der Waals surface area contributed by atoms with E-state index in [1.54, 1.807) is 0 Å². The summed E-state index contributed by atoms with van der Waals surface area (Å²) in [7, 11) is 2.39. The molecule has 5 unspecified atom stereocenters. The molecule has 0 bridgehead atoms. The van der Waals surface area contributed by atoms with Crippen molar-refractivity contribution >= 4 is 15.4 Å². The van der Waals surface area contributed by atoms with Crippen LogP contribution in [0, 0.1) is 17.8 Å². The molecule has 0 spiro atoms. The standard InChI is InChI=1S/C18H31O5P/c1-3-4-5-12(2)18(20-8-9-21-18)7-6-13-14-10-17(19)22-15(14)11-16(13)23-24/h12-16H,3-11,24H2,1-2H3/t12?,13-,14?,15?,16?/m1/s1. The van der Waals surface area contributed by atoms with Crippen molar-refractivity contribution in [3.05, 3.63) is 0 Å². The fourth-order valence-electron chi connectivity index (χ4n) is 4.76. The van der Waals surface area contributed by atoms with Crippen LogP contribution in [0.4, 0.5) is 0 Å². The molecule has 2 aliphatic heterocycles. The molecule has 0 aromatic heterocycles. The molecular weight excluding hydrogens is 327 g/mol. The van der Waals surface area contributed by atoms with Gasteiger partial charge in [-0.25, -0.2) is 0 Å². The van der Waals surface area contributed by atoms with E-state index in [9.17, 15) is 4.79 Å². The zero-order valence-corrected chi connectivity index (χ0v) is 16.0. The number of carbonyl (C=O) groups excluding carboxylic acids is 1. The van der Waals surface area contributed by atoms with Crippen LogP contribution in [0.5, 0.6) is 0 Å². The normalized spacial score (nSPS) is 35.9. The van der Waals surface area contributed by atoms with Crippen molar-refractivity contribution in [1.29, 1.82) is 0 Å². The predicted octanol–water partition coefficient (Wildman–Crippen LogP) is 3.46. The Bertz CT molecular complexity index is 437. The van der Waals surface area contributed by atoms with Crippen LogP contribution in [-0.2, 0) is 23.5 Å². The van der Waals surface area contributed by atoms with Crippen LogP contribution >= 0.6 is 9.47 Å². The van der Waals surface area contributed by atoms with Gasteiger partial charge < -0.3 is 18.7 Å². The van der Waals surface area contributed by atoms with E-state index in [-0.39, 0.29) is 24.1 Å². The first-order chi connectivity index (χ1) is 11.6. The Hall–Kier alpha value is -0.220. The molecule has 6 heteroatoms. The molecule has 3 fully saturated rings. The minimum atomic E-state index is -0.456. The summed E-state index contributed by atoms with van der Waals surface area (Å²) in [6.07, 6.45) is 6.84. The number of fused-ring (bicyclic) bond motifs is 1. The molecule has 24 heavy (non-hydrogen) atoms. The van der Waals surface area contributed by atoms with E-state index in [1.165, 1.54) is 12.8 Å². The first-order valence-corrected chi connectivity index (χ1v) is 9.89. The van der Waals surface area contributed by atoms with Crippen molar-refractivity contribution in [2.75, 3.05) is 13.2 Å². The minimum Gasteiger partial charge on any atom is -0.462 e. The van der Waals surface area contributed by atoms with Crippen LogP contribution in [0.1, 0.15) is 58.8 Å². The Balaban J connectivity index is 1.64. The zero-order chi connectivity index (χ0) is 17.2. The lowest BCUT2D eigenvalue weighted by molar-refractivity contribution is -0.201. The van der Waals surface area contributed by atoms with Crippen LogP contribution in [0.25, 0.3) is 0 Å². The summed E-state index contributed by atoms with van der Waals surface area (Å²) in [5.41, 5.74) is 0. The first kappa shape index (κ1) is 18.6. The highest BCUT2D eigenvalue weighted by molar-refractivity contribution is 7.09. The lowest BCUT2D eigenvalue weighted by atomic mass is 9.83. The lowest BCUT2D eigenvalue weighted by Crippen LogP contribution is -2.39. The molecule has 0 N–H and O–H groups in total. The fraction of sp³-hybridized carbons (Fsp3) is 0.944. The quantitative estimate of drug-likeness (QED) is 0.491. The second-order valence-corrected chi connectivity index (χ2v) is 7.83. The van der Waals surface area contributed by atoms with Gasteiger partial charge in [-0.2, -0.15) is 0 Å². The summed E-state index contributed by atoms with van der Waals surface area (Å²) in [6.45, 7) is 5.81. The average Bonchev–Trinajstić information content (AvgIpc) is 3.25. The molecule has 3 aliphatic rings. The largest absolute Gasteiger partial charge is 0.462 e. The molecule has 0 aromatic carbocycles. The van der Waals surface area contributed by atoms with E-state index < -0.39 is 5.79 Å². The van der Waals surface area contributed by atoms with E-state index in [0.717, 1.165) is 25.7 Å². The van der Waals surface area contributed by atoms with Crippen LogP contribution in [-0.4, -0.2) is 37.2 Å². The van der Waals surface area contributed by atoms with Crippen molar-refractivity contribution in [3.8, 4) is 0 Å². The molecule has 0 radical (unpaired) electrons. The number of rotatable bonds is 8. The van der Waals surface area contributed by atoms with Gasteiger partial charge in [-0.15, -0.1) is 0 Å². The Morgan fingerprint density at radius 2 is 2.12 bits per heavy atom. The molecule has 0 aromatic rings. The Morgan fingerprint density at radius 1 is 1.38 bits per heavy atom. The van der Waals surface area contributed by atoms with Gasteiger partial charge >= 0.3 is 5.97 Å². The van der Waals surface area contributed by atoms with Gasteiger partial charge in [0.1, 0.15) is 6.10 Å². The lowest BCUT2D eigenvalue weighted by Gasteiger charge is -2.35. The molecule has 1 saturated carbocycles. The van der Waals surface area contributed by atoms with Crippen molar-refractivity contribution < 1.29 is 23.5 Å². The summed E-state index contributed by atoms with van der Waals surface area (Å²) < 4.78 is 23.3. The Kier molecular flexibility index (Phi) is 6.18. The van der Waals surface area contributed by atoms with E-state index in [0.29, 0.717) is 31.5 Å². The number of unbranched alkanes of at least 4 members (excludes halogenated alkanes) is 1. The predicted molar refractivity (Wildman–Crippen MR) is 93.2 cm³/mol. The minimum absolute atomic E-state index is 0.0342. The molecule has 1 aliphatic carbocycles. The molecule has 0 amide bonds. The van der Waals surface area contributed by atoms with Crippen molar-refractivity contribution in [1.82, 2.24) is 0 Å². The number of hydrogen-bond acceptors (Lipinski definition) is 5. The molecule has 5 nitrogen and oxygen atoms in total. The van der Waals surface area contributed by atoms with Gasteiger partial charge in [-0.3, -0.25) is 4.79 Å². The first-order valence-electron chi connectivity index (χ1n) is 9.42. The highest BCUT2D eigenvalue weighted by Crippen LogP contribution is 2.47. The van der Waals surface area contributed by atoms with E-state index in [2.05, 4.69) is 23.3 Å². The molecule has 138 valence electrons. The van der Waals surface area contributed by atoms with Crippen LogP contribution in [0.2, 0.25) is 0 Å². The second kappa shape index (κ2) is 7.99. The highest BCUT2D eigenvalue weighted by Gasteiger charge is 2.51. The smallest absolute Gasteiger partial charge is 0.306 e. The third-order valence-corrected chi connectivity index (χ3v) is 6.52. The summed E-state index contributed by atoms with van der Waals surface area (Å²) in [6, 6.07) is 0.